The summed E-state index contributed by atoms with van der Waals surface area (Å²) in [6, 6.07) is 14.1. The molecule has 0 atom stereocenters. The smallest absolute Gasteiger partial charge is 0.321 e. The van der Waals surface area contributed by atoms with Crippen molar-refractivity contribution in [3.05, 3.63) is 92.1 Å². The van der Waals surface area contributed by atoms with E-state index in [1.54, 1.807) is 43.3 Å². The first-order valence-electron chi connectivity index (χ1n) is 10.5. The van der Waals surface area contributed by atoms with Gasteiger partial charge in [0.2, 0.25) is 15.8 Å². The van der Waals surface area contributed by atoms with Crippen molar-refractivity contribution >= 4 is 51.1 Å². The van der Waals surface area contributed by atoms with Crippen LogP contribution in [0.4, 0.5) is 0 Å². The van der Waals surface area contributed by atoms with E-state index in [-0.39, 0.29) is 0 Å². The van der Waals surface area contributed by atoms with Crippen molar-refractivity contribution in [1.29, 1.82) is 0 Å². The first kappa shape index (κ1) is 26.7. The van der Waals surface area contributed by atoms with Crippen LogP contribution in [0.1, 0.15) is 32.9 Å². The van der Waals surface area contributed by atoms with Gasteiger partial charge in [-0.3, -0.25) is 9.59 Å². The molecule has 0 unspecified atom stereocenters. The highest BCUT2D eigenvalue weighted by atomic mass is 35.5. The van der Waals surface area contributed by atoms with Crippen LogP contribution in [0.2, 0.25) is 10.0 Å². The number of hydrogen-bond acceptors (Lipinski definition) is 5. The zero-order valence-electron chi connectivity index (χ0n) is 19.3. The van der Waals surface area contributed by atoms with E-state index >= 15 is 0 Å². The van der Waals surface area contributed by atoms with Gasteiger partial charge < -0.3 is 9.30 Å². The number of halogens is 2. The van der Waals surface area contributed by atoms with Crippen molar-refractivity contribution in [3.8, 4) is 5.69 Å². The Labute approximate surface area is 214 Å². The lowest BCUT2D eigenvalue weighted by Gasteiger charge is -2.11. The van der Waals surface area contributed by atoms with E-state index in [9.17, 15) is 18.0 Å². The number of carbonyl (C=O) groups is 2. The van der Waals surface area contributed by atoms with E-state index in [0.717, 1.165) is 22.4 Å². The molecule has 0 saturated carbocycles. The SMILES string of the molecule is Cc1ccc(C=CS(=O)(=O)NCC(=O)OCC(=O)c2cc(C)n(-c3ccc(Cl)c(Cl)c3)c2C)cc1. The third kappa shape index (κ3) is 7.05. The Morgan fingerprint density at radius 1 is 1.00 bits per heavy atom. The molecule has 0 amide bonds. The van der Waals surface area contributed by atoms with Crippen LogP contribution in [0.25, 0.3) is 11.8 Å². The molecule has 0 aliphatic rings. The van der Waals surface area contributed by atoms with Gasteiger partial charge in [0, 0.05) is 28.0 Å². The van der Waals surface area contributed by atoms with E-state index in [1.165, 1.54) is 6.08 Å². The highest BCUT2D eigenvalue weighted by molar-refractivity contribution is 7.92. The van der Waals surface area contributed by atoms with E-state index in [1.807, 2.05) is 30.5 Å². The average Bonchev–Trinajstić information content (AvgIpc) is 3.11. The highest BCUT2D eigenvalue weighted by Gasteiger charge is 2.19. The Balaban J connectivity index is 1.58. The number of hydrogen-bond donors (Lipinski definition) is 1. The van der Waals surface area contributed by atoms with Gasteiger partial charge >= 0.3 is 5.97 Å². The van der Waals surface area contributed by atoms with Gasteiger partial charge in [-0.25, -0.2) is 13.1 Å². The Hall–Kier alpha value is -2.91. The largest absolute Gasteiger partial charge is 0.456 e. The number of aromatic nitrogens is 1. The summed E-state index contributed by atoms with van der Waals surface area (Å²) in [6.07, 6.45) is 1.42. The molecule has 1 N–H and O–H groups in total. The summed E-state index contributed by atoms with van der Waals surface area (Å²) in [5, 5.41) is 1.77. The van der Waals surface area contributed by atoms with Crippen LogP contribution in [-0.4, -0.2) is 37.9 Å². The number of carbonyl (C=O) groups excluding carboxylic acids is 2. The molecular weight excluding hydrogens is 511 g/mol. The summed E-state index contributed by atoms with van der Waals surface area (Å²) >= 11 is 12.1. The van der Waals surface area contributed by atoms with Gasteiger partial charge in [0.1, 0.15) is 6.54 Å². The number of nitrogens with one attached hydrogen (secondary N) is 1. The number of esters is 1. The number of aryl methyl sites for hydroxylation is 2. The van der Waals surface area contributed by atoms with Crippen molar-refractivity contribution < 1.29 is 22.7 Å². The topological polar surface area (TPSA) is 94.5 Å². The molecule has 0 aliphatic carbocycles. The first-order valence-corrected chi connectivity index (χ1v) is 12.8. The monoisotopic (exact) mass is 534 g/mol. The molecule has 0 radical (unpaired) electrons. The summed E-state index contributed by atoms with van der Waals surface area (Å²) in [4.78, 5) is 24.7. The van der Waals surface area contributed by atoms with Crippen molar-refractivity contribution in [2.75, 3.05) is 13.2 Å². The molecule has 0 fully saturated rings. The minimum absolute atomic E-state index is 0.378. The fourth-order valence-electron chi connectivity index (χ4n) is 3.39. The Morgan fingerprint density at radius 3 is 2.34 bits per heavy atom. The number of sulfonamides is 1. The molecule has 184 valence electrons. The molecule has 0 bridgehead atoms. The molecule has 3 rings (SSSR count). The fraction of sp³-hybridized carbons (Fsp3) is 0.200. The number of ether oxygens (including phenoxy) is 1. The van der Waals surface area contributed by atoms with Gasteiger partial charge in [0.15, 0.2) is 6.61 Å². The molecule has 1 aromatic heterocycles. The lowest BCUT2D eigenvalue weighted by molar-refractivity contribution is -0.141. The third-order valence-electron chi connectivity index (χ3n) is 5.19. The maximum Gasteiger partial charge on any atom is 0.321 e. The van der Waals surface area contributed by atoms with Crippen LogP contribution in [0, 0.1) is 20.8 Å². The summed E-state index contributed by atoms with van der Waals surface area (Å²) in [5.41, 5.74) is 4.29. The van der Waals surface area contributed by atoms with Crippen molar-refractivity contribution in [2.24, 2.45) is 0 Å². The predicted molar refractivity (Wildman–Crippen MR) is 138 cm³/mol. The van der Waals surface area contributed by atoms with Crippen molar-refractivity contribution in [2.45, 2.75) is 20.8 Å². The second kappa shape index (κ2) is 11.2. The van der Waals surface area contributed by atoms with Crippen LogP contribution >= 0.6 is 23.2 Å². The third-order valence-corrected chi connectivity index (χ3v) is 6.97. The Bertz CT molecular complexity index is 1390. The number of Topliss-reactive ketones (excluding diaryl/α,β-unsaturated/α-hetero) is 1. The summed E-state index contributed by atoms with van der Waals surface area (Å²) < 4.78 is 33.2. The molecule has 7 nitrogen and oxygen atoms in total. The standard InChI is InChI=1S/C25H24Cl2N2O5S/c1-16-4-6-19(7-5-16)10-11-35(32,33)28-14-25(31)34-15-24(30)21-12-17(2)29(18(21)3)20-8-9-22(26)23(27)13-20/h4-13,28H,14-15H2,1-3H3. The summed E-state index contributed by atoms with van der Waals surface area (Å²) in [6.45, 7) is 4.40. The van der Waals surface area contributed by atoms with E-state index in [0.29, 0.717) is 26.9 Å². The van der Waals surface area contributed by atoms with E-state index in [2.05, 4.69) is 4.72 Å². The van der Waals surface area contributed by atoms with Gasteiger partial charge in [-0.15, -0.1) is 0 Å². The molecule has 2 aromatic carbocycles. The second-order valence-electron chi connectivity index (χ2n) is 7.88. The molecule has 0 saturated heterocycles. The number of ketones is 1. The van der Waals surface area contributed by atoms with E-state index < -0.39 is 34.9 Å². The van der Waals surface area contributed by atoms with Crippen molar-refractivity contribution in [1.82, 2.24) is 9.29 Å². The molecular formula is C25H24Cl2N2O5S. The maximum atomic E-state index is 12.7. The molecule has 3 aromatic rings. The average molecular weight is 535 g/mol. The van der Waals surface area contributed by atoms with Crippen LogP contribution in [0.5, 0.6) is 0 Å². The number of nitrogens with zero attached hydrogens (tertiary/aromatic N) is 1. The Kier molecular flexibility index (Phi) is 8.56. The highest BCUT2D eigenvalue weighted by Crippen LogP contribution is 2.27. The van der Waals surface area contributed by atoms with Gasteiger partial charge in [-0.2, -0.15) is 0 Å². The second-order valence-corrected chi connectivity index (χ2v) is 10.3. The maximum absolute atomic E-state index is 12.7. The van der Waals surface area contributed by atoms with E-state index in [4.69, 9.17) is 27.9 Å². The van der Waals surface area contributed by atoms with Crippen LogP contribution in [-0.2, 0) is 19.6 Å². The van der Waals surface area contributed by atoms with Gasteiger partial charge in [0.25, 0.3) is 0 Å². The Morgan fingerprint density at radius 2 is 1.69 bits per heavy atom. The minimum Gasteiger partial charge on any atom is -0.456 e. The normalized spacial score (nSPS) is 11.7. The van der Waals surface area contributed by atoms with Gasteiger partial charge in [0.05, 0.1) is 10.0 Å². The predicted octanol–water partition coefficient (Wildman–Crippen LogP) is 5.03. The molecule has 10 heteroatoms. The first-order chi connectivity index (χ1) is 16.5. The van der Waals surface area contributed by atoms with Gasteiger partial charge in [-0.05, 0) is 56.7 Å². The minimum atomic E-state index is -3.86. The fourth-order valence-corrected chi connectivity index (χ4v) is 4.44. The zero-order valence-corrected chi connectivity index (χ0v) is 21.7. The molecule has 0 spiro atoms. The summed E-state index contributed by atoms with van der Waals surface area (Å²) in [5.74, 6) is -1.29. The summed E-state index contributed by atoms with van der Waals surface area (Å²) in [7, 11) is -3.86. The molecule has 0 aliphatic heterocycles. The van der Waals surface area contributed by atoms with Crippen LogP contribution in [0.15, 0.2) is 53.9 Å². The molecule has 35 heavy (non-hydrogen) atoms. The molecule has 1 heterocycles. The lowest BCUT2D eigenvalue weighted by atomic mass is 10.1. The van der Waals surface area contributed by atoms with Gasteiger partial charge in [-0.1, -0.05) is 53.0 Å². The van der Waals surface area contributed by atoms with Crippen LogP contribution in [0.3, 0.4) is 0 Å². The number of benzene rings is 2. The van der Waals surface area contributed by atoms with Crippen LogP contribution < -0.4 is 4.72 Å². The van der Waals surface area contributed by atoms with Crippen molar-refractivity contribution in [3.63, 3.8) is 0 Å². The quantitative estimate of drug-likeness (QED) is 0.307. The zero-order chi connectivity index (χ0) is 25.8. The number of rotatable bonds is 9. The lowest BCUT2D eigenvalue weighted by Crippen LogP contribution is -2.30.